The van der Waals surface area contributed by atoms with Gasteiger partial charge in [-0.25, -0.2) is 15.4 Å². The lowest BCUT2D eigenvalue weighted by Gasteiger charge is -2.39. The number of ether oxygens (including phenoxy) is 1. The third-order valence-electron chi connectivity index (χ3n) is 5.70. The first-order valence-electron chi connectivity index (χ1n) is 10.3. The summed E-state index contributed by atoms with van der Waals surface area (Å²) in [5.41, 5.74) is 10.1. The fourth-order valence-electron chi connectivity index (χ4n) is 3.82. The maximum Gasteiger partial charge on any atom is 0.242 e. The van der Waals surface area contributed by atoms with Gasteiger partial charge in [0.05, 0.1) is 13.2 Å². The molecule has 4 rings (SSSR count). The van der Waals surface area contributed by atoms with Crippen molar-refractivity contribution in [3.05, 3.63) is 47.4 Å². The van der Waals surface area contributed by atoms with Gasteiger partial charge in [0.1, 0.15) is 28.6 Å². The smallest absolute Gasteiger partial charge is 0.242 e. The van der Waals surface area contributed by atoms with Gasteiger partial charge in [-0.1, -0.05) is 23.7 Å². The number of methoxy groups -OCH3 is 1. The van der Waals surface area contributed by atoms with E-state index < -0.39 is 5.54 Å². The summed E-state index contributed by atoms with van der Waals surface area (Å²) in [6.07, 6.45) is 3.97. The summed E-state index contributed by atoms with van der Waals surface area (Å²) in [5, 5.41) is 15.7. The van der Waals surface area contributed by atoms with Crippen molar-refractivity contribution in [2.75, 3.05) is 31.8 Å². The number of aromatic amines is 1. The molecule has 1 aromatic carbocycles. The molecular formula is C21H26ClN7O3. The molecule has 1 unspecified atom stereocenters. The molecule has 11 heteroatoms. The number of carbonyl (C=O) groups is 1. The summed E-state index contributed by atoms with van der Waals surface area (Å²) in [6, 6.07) is 6.80. The summed E-state index contributed by atoms with van der Waals surface area (Å²) < 4.78 is 5.41. The van der Waals surface area contributed by atoms with Gasteiger partial charge in [-0.05, 0) is 30.5 Å². The average Bonchev–Trinajstić information content (AvgIpc) is 3.23. The van der Waals surface area contributed by atoms with Gasteiger partial charge in [0, 0.05) is 30.9 Å². The molecular weight excluding hydrogens is 434 g/mol. The molecule has 0 bridgehead atoms. The van der Waals surface area contributed by atoms with Gasteiger partial charge in [0.15, 0.2) is 5.82 Å². The largest absolute Gasteiger partial charge is 0.494 e. The summed E-state index contributed by atoms with van der Waals surface area (Å²) in [5.74, 6) is 0.995. The molecule has 6 N–H and O–H groups in total. The Balaban J connectivity index is 1.47. The standard InChI is InChI=1S/C21H26ClN7O3/c1-32-16-10-24-18-17(16)19(26-12-25-18)29-8-7-21(23,11-27-29)20(31)28-15(6-9-30)13-2-4-14(22)5-3-13/h2-5,10,12,15,27,30H,6-9,11,23H2,1H3,(H,28,31)(H,24,25,26)/t15-,21?/m0/s1. The molecule has 3 heterocycles. The van der Waals surface area contributed by atoms with Crippen molar-refractivity contribution in [1.29, 1.82) is 0 Å². The van der Waals surface area contributed by atoms with Crippen LogP contribution in [0, 0.1) is 0 Å². The van der Waals surface area contributed by atoms with Crippen molar-refractivity contribution in [1.82, 2.24) is 25.7 Å². The summed E-state index contributed by atoms with van der Waals surface area (Å²) in [6.45, 7) is 0.596. The molecule has 0 saturated carbocycles. The predicted octanol–water partition coefficient (Wildman–Crippen LogP) is 1.27. The number of aliphatic hydroxyl groups is 1. The summed E-state index contributed by atoms with van der Waals surface area (Å²) >= 11 is 5.97. The topological polar surface area (TPSA) is 141 Å². The number of rotatable bonds is 7. The predicted molar refractivity (Wildman–Crippen MR) is 121 cm³/mol. The van der Waals surface area contributed by atoms with Gasteiger partial charge in [0.25, 0.3) is 0 Å². The summed E-state index contributed by atoms with van der Waals surface area (Å²) in [7, 11) is 1.59. The van der Waals surface area contributed by atoms with Crippen LogP contribution < -0.4 is 26.2 Å². The Kier molecular flexibility index (Phi) is 6.47. The van der Waals surface area contributed by atoms with Gasteiger partial charge >= 0.3 is 0 Å². The quantitative estimate of drug-likeness (QED) is 0.355. The highest BCUT2D eigenvalue weighted by Crippen LogP contribution is 2.32. The maximum absolute atomic E-state index is 13.1. The van der Waals surface area contributed by atoms with E-state index in [0.29, 0.717) is 41.6 Å². The minimum absolute atomic E-state index is 0.0701. The van der Waals surface area contributed by atoms with Crippen LogP contribution in [0.15, 0.2) is 36.8 Å². The number of nitrogens with zero attached hydrogens (tertiary/aromatic N) is 3. The molecule has 10 nitrogen and oxygen atoms in total. The molecule has 170 valence electrons. The van der Waals surface area contributed by atoms with E-state index in [-0.39, 0.29) is 25.1 Å². The van der Waals surface area contributed by atoms with Crippen molar-refractivity contribution in [3.8, 4) is 5.75 Å². The van der Waals surface area contributed by atoms with Crippen molar-refractivity contribution >= 4 is 34.4 Å². The third-order valence-corrected chi connectivity index (χ3v) is 5.96. The number of aromatic nitrogens is 3. The lowest BCUT2D eigenvalue weighted by Crippen LogP contribution is -2.67. The minimum atomic E-state index is -1.12. The number of amides is 1. The Bertz CT molecular complexity index is 1080. The number of hydrazine groups is 1. The zero-order valence-electron chi connectivity index (χ0n) is 17.6. The normalized spacial score (nSPS) is 19.7. The van der Waals surface area contributed by atoms with Crippen LogP contribution in [0.2, 0.25) is 5.02 Å². The average molecular weight is 460 g/mol. The van der Waals surface area contributed by atoms with Crippen molar-refractivity contribution in [2.45, 2.75) is 24.4 Å². The highest BCUT2D eigenvalue weighted by molar-refractivity contribution is 6.30. The Morgan fingerprint density at radius 2 is 2.19 bits per heavy atom. The maximum atomic E-state index is 13.1. The van der Waals surface area contributed by atoms with Crippen LogP contribution in [0.4, 0.5) is 5.82 Å². The highest BCUT2D eigenvalue weighted by Gasteiger charge is 2.39. The molecule has 3 aromatic rings. The first-order valence-corrected chi connectivity index (χ1v) is 10.7. The van der Waals surface area contributed by atoms with Crippen LogP contribution in [-0.2, 0) is 4.79 Å². The van der Waals surface area contributed by atoms with Crippen molar-refractivity contribution in [3.63, 3.8) is 0 Å². The highest BCUT2D eigenvalue weighted by atomic mass is 35.5. The van der Waals surface area contributed by atoms with Crippen molar-refractivity contribution < 1.29 is 14.6 Å². The van der Waals surface area contributed by atoms with Crippen LogP contribution in [0.5, 0.6) is 5.75 Å². The monoisotopic (exact) mass is 459 g/mol. The van der Waals surface area contributed by atoms with Crippen LogP contribution in [-0.4, -0.2) is 58.3 Å². The third kappa shape index (κ3) is 4.35. The van der Waals surface area contributed by atoms with Crippen molar-refractivity contribution in [2.24, 2.45) is 5.73 Å². The first-order chi connectivity index (χ1) is 15.4. The number of hydrogen-bond acceptors (Lipinski definition) is 8. The molecule has 1 fully saturated rings. The first kappa shape index (κ1) is 22.3. The number of halogens is 1. The number of benzene rings is 1. The Morgan fingerprint density at radius 3 is 2.84 bits per heavy atom. The van der Waals surface area contributed by atoms with Gasteiger partial charge in [0.2, 0.25) is 5.91 Å². The molecule has 1 aliphatic heterocycles. The van der Waals surface area contributed by atoms with E-state index >= 15 is 0 Å². The van der Waals surface area contributed by atoms with E-state index in [1.165, 1.54) is 6.33 Å². The van der Waals surface area contributed by atoms with Crippen LogP contribution in [0.25, 0.3) is 11.0 Å². The number of H-pyrrole nitrogens is 1. The number of hydrogen-bond donors (Lipinski definition) is 5. The molecule has 32 heavy (non-hydrogen) atoms. The molecule has 0 aliphatic carbocycles. The second-order valence-electron chi connectivity index (χ2n) is 7.76. The van der Waals surface area contributed by atoms with Crippen LogP contribution in [0.3, 0.4) is 0 Å². The van der Waals surface area contributed by atoms with Crippen LogP contribution >= 0.6 is 11.6 Å². The molecule has 1 aliphatic rings. The number of fused-ring (bicyclic) bond motifs is 1. The molecule has 0 radical (unpaired) electrons. The number of anilines is 1. The molecule has 1 saturated heterocycles. The fourth-order valence-corrected chi connectivity index (χ4v) is 3.95. The minimum Gasteiger partial charge on any atom is -0.494 e. The molecule has 0 spiro atoms. The van der Waals surface area contributed by atoms with Crippen LogP contribution in [0.1, 0.15) is 24.4 Å². The van der Waals surface area contributed by atoms with Gasteiger partial charge in [-0.2, -0.15) is 0 Å². The number of nitrogens with two attached hydrogens (primary N) is 1. The van der Waals surface area contributed by atoms with Gasteiger partial charge in [-0.15, -0.1) is 0 Å². The molecule has 1 amide bonds. The Labute approximate surface area is 190 Å². The van der Waals surface area contributed by atoms with E-state index in [1.54, 1.807) is 25.4 Å². The Hall–Kier alpha value is -2.92. The second-order valence-corrected chi connectivity index (χ2v) is 8.20. The Morgan fingerprint density at radius 1 is 1.41 bits per heavy atom. The lowest BCUT2D eigenvalue weighted by atomic mass is 9.92. The van der Waals surface area contributed by atoms with E-state index in [9.17, 15) is 9.90 Å². The fraction of sp³-hybridized carbons (Fsp3) is 0.381. The zero-order chi connectivity index (χ0) is 22.7. The van der Waals surface area contributed by atoms with E-state index in [4.69, 9.17) is 22.1 Å². The summed E-state index contributed by atoms with van der Waals surface area (Å²) in [4.78, 5) is 24.8. The van der Waals surface area contributed by atoms with E-state index in [1.807, 2.05) is 17.1 Å². The lowest BCUT2D eigenvalue weighted by molar-refractivity contribution is -0.127. The van der Waals surface area contributed by atoms with E-state index in [2.05, 4.69) is 25.7 Å². The number of nitrogens with one attached hydrogen (secondary N) is 3. The molecule has 2 atom stereocenters. The SMILES string of the molecule is COc1c[nH]c2ncnc(N3CCC(N)(C(=O)N[C@@H](CCO)c4ccc(Cl)cc4)CN3)c12. The number of carbonyl (C=O) groups excluding carboxylic acids is 1. The van der Waals surface area contributed by atoms with E-state index in [0.717, 1.165) is 10.9 Å². The zero-order valence-corrected chi connectivity index (χ0v) is 18.4. The number of aliphatic hydroxyl groups excluding tert-OH is 1. The second kappa shape index (κ2) is 9.29. The van der Waals surface area contributed by atoms with Gasteiger partial charge in [-0.3, -0.25) is 9.80 Å². The van der Waals surface area contributed by atoms with Gasteiger partial charge < -0.3 is 25.9 Å². The molecule has 2 aromatic heterocycles.